The van der Waals surface area contributed by atoms with Crippen LogP contribution in [0.15, 0.2) is 30.3 Å². The van der Waals surface area contributed by atoms with Gasteiger partial charge in [-0.15, -0.1) is 0 Å². The molecule has 0 aromatic heterocycles. The lowest BCUT2D eigenvalue weighted by molar-refractivity contribution is -0.147. The Balaban J connectivity index is 1.51. The molecule has 23 heavy (non-hydrogen) atoms. The van der Waals surface area contributed by atoms with Gasteiger partial charge in [-0.1, -0.05) is 30.3 Å². The predicted octanol–water partition coefficient (Wildman–Crippen LogP) is 1.12. The zero-order chi connectivity index (χ0) is 16.2. The van der Waals surface area contributed by atoms with E-state index < -0.39 is 0 Å². The number of carbonyl (C=O) groups is 2. The number of likely N-dealkylation sites (tertiary alicyclic amines) is 1. The number of nitrogens with one attached hydrogen (secondary N) is 2. The number of esters is 1. The van der Waals surface area contributed by atoms with Gasteiger partial charge in [0.15, 0.2) is 0 Å². The molecule has 2 aliphatic heterocycles. The molecule has 3 rings (SSSR count). The molecule has 6 nitrogen and oxygen atoms in total. The summed E-state index contributed by atoms with van der Waals surface area (Å²) in [6.07, 6.45) is 1.72. The van der Waals surface area contributed by atoms with Gasteiger partial charge in [-0.2, -0.15) is 0 Å². The SMILES string of the molecule is CNC(=O)N1CC[C@@H]2C[C@H](C(=O)OCc3ccccc3)N[C@H]2C1. The van der Waals surface area contributed by atoms with Crippen molar-refractivity contribution in [3.05, 3.63) is 35.9 Å². The summed E-state index contributed by atoms with van der Waals surface area (Å²) in [6, 6.07) is 9.53. The van der Waals surface area contributed by atoms with E-state index in [1.807, 2.05) is 30.3 Å². The molecule has 3 atom stereocenters. The Morgan fingerprint density at radius 2 is 2.13 bits per heavy atom. The molecule has 1 aromatic rings. The highest BCUT2D eigenvalue weighted by Crippen LogP contribution is 2.29. The van der Waals surface area contributed by atoms with Gasteiger partial charge < -0.3 is 15.0 Å². The van der Waals surface area contributed by atoms with Gasteiger partial charge >= 0.3 is 12.0 Å². The van der Waals surface area contributed by atoms with Crippen molar-refractivity contribution in [2.75, 3.05) is 20.1 Å². The minimum Gasteiger partial charge on any atom is -0.460 e. The molecule has 2 saturated heterocycles. The third-order valence-corrected chi connectivity index (χ3v) is 4.72. The van der Waals surface area contributed by atoms with E-state index in [0.29, 0.717) is 19.1 Å². The largest absolute Gasteiger partial charge is 0.460 e. The normalized spacial score (nSPS) is 26.5. The summed E-state index contributed by atoms with van der Waals surface area (Å²) in [6.45, 7) is 1.69. The Kier molecular flexibility index (Phi) is 4.81. The minimum atomic E-state index is -0.265. The zero-order valence-corrected chi connectivity index (χ0v) is 13.3. The van der Waals surface area contributed by atoms with E-state index in [9.17, 15) is 9.59 Å². The summed E-state index contributed by atoms with van der Waals surface area (Å²) in [5.74, 6) is 0.236. The van der Waals surface area contributed by atoms with Gasteiger partial charge in [0.2, 0.25) is 0 Å². The number of hydrogen-bond acceptors (Lipinski definition) is 4. The van der Waals surface area contributed by atoms with Crippen LogP contribution in [0.2, 0.25) is 0 Å². The first kappa shape index (κ1) is 15.8. The van der Waals surface area contributed by atoms with Crippen molar-refractivity contribution in [3.8, 4) is 0 Å². The fourth-order valence-corrected chi connectivity index (χ4v) is 3.44. The molecule has 0 radical (unpaired) electrons. The smallest absolute Gasteiger partial charge is 0.323 e. The van der Waals surface area contributed by atoms with Gasteiger partial charge in [0.05, 0.1) is 0 Å². The minimum absolute atomic E-state index is 0.0552. The molecule has 6 heteroatoms. The number of piperidine rings is 1. The number of benzene rings is 1. The molecule has 2 amide bonds. The molecule has 2 heterocycles. The first-order valence-electron chi connectivity index (χ1n) is 8.10. The molecular formula is C17H23N3O3. The van der Waals surface area contributed by atoms with E-state index in [1.165, 1.54) is 0 Å². The van der Waals surface area contributed by atoms with E-state index in [0.717, 1.165) is 24.9 Å². The molecule has 0 unspecified atom stereocenters. The highest BCUT2D eigenvalue weighted by atomic mass is 16.5. The zero-order valence-electron chi connectivity index (χ0n) is 13.3. The molecule has 2 N–H and O–H groups in total. The third kappa shape index (κ3) is 3.64. The average molecular weight is 317 g/mol. The molecule has 1 aromatic carbocycles. The van der Waals surface area contributed by atoms with Crippen LogP contribution in [0, 0.1) is 5.92 Å². The van der Waals surface area contributed by atoms with Gasteiger partial charge in [0, 0.05) is 26.2 Å². The van der Waals surface area contributed by atoms with E-state index in [-0.39, 0.29) is 24.1 Å². The maximum atomic E-state index is 12.3. The molecule has 0 spiro atoms. The fraction of sp³-hybridized carbons (Fsp3) is 0.529. The van der Waals surface area contributed by atoms with Crippen LogP contribution in [-0.2, 0) is 16.1 Å². The number of carbonyl (C=O) groups excluding carboxylic acids is 2. The third-order valence-electron chi connectivity index (χ3n) is 4.72. The summed E-state index contributed by atoms with van der Waals surface area (Å²) in [4.78, 5) is 25.8. The van der Waals surface area contributed by atoms with E-state index in [2.05, 4.69) is 10.6 Å². The molecule has 2 aliphatic rings. The summed E-state index contributed by atoms with van der Waals surface area (Å²) >= 11 is 0. The number of urea groups is 1. The molecule has 124 valence electrons. The molecular weight excluding hydrogens is 294 g/mol. The van der Waals surface area contributed by atoms with Crippen LogP contribution < -0.4 is 10.6 Å². The van der Waals surface area contributed by atoms with Gasteiger partial charge in [-0.25, -0.2) is 4.79 Å². The first-order valence-corrected chi connectivity index (χ1v) is 8.10. The standard InChI is InChI=1S/C17H23N3O3/c1-18-17(22)20-8-7-13-9-14(19-15(13)10-20)16(21)23-11-12-5-3-2-4-6-12/h2-6,13-15,19H,7-11H2,1H3,(H,18,22)/t13-,14-,15+/m1/s1. The van der Waals surface area contributed by atoms with Crippen molar-refractivity contribution >= 4 is 12.0 Å². The quantitative estimate of drug-likeness (QED) is 0.820. The second-order valence-electron chi connectivity index (χ2n) is 6.20. The Hall–Kier alpha value is -2.08. The van der Waals surface area contributed by atoms with Gasteiger partial charge in [0.25, 0.3) is 0 Å². The monoisotopic (exact) mass is 317 g/mol. The van der Waals surface area contributed by atoms with Crippen LogP contribution in [-0.4, -0.2) is 49.1 Å². The van der Waals surface area contributed by atoms with E-state index in [4.69, 9.17) is 4.74 Å². The number of hydrogen-bond donors (Lipinski definition) is 2. The lowest BCUT2D eigenvalue weighted by Crippen LogP contribution is -2.52. The Labute approximate surface area is 136 Å². The van der Waals surface area contributed by atoms with Gasteiger partial charge in [0.1, 0.15) is 12.6 Å². The maximum absolute atomic E-state index is 12.3. The van der Waals surface area contributed by atoms with Crippen LogP contribution in [0.25, 0.3) is 0 Å². The highest BCUT2D eigenvalue weighted by molar-refractivity contribution is 5.77. The van der Waals surface area contributed by atoms with E-state index >= 15 is 0 Å². The predicted molar refractivity (Wildman–Crippen MR) is 85.7 cm³/mol. The van der Waals surface area contributed by atoms with Crippen molar-refractivity contribution < 1.29 is 14.3 Å². The van der Waals surface area contributed by atoms with Crippen LogP contribution in [0.4, 0.5) is 4.79 Å². The summed E-state index contributed by atoms with van der Waals surface area (Å²) in [5.41, 5.74) is 0.988. The lowest BCUT2D eigenvalue weighted by Gasteiger charge is -2.34. The van der Waals surface area contributed by atoms with Gasteiger partial charge in [-0.3, -0.25) is 10.1 Å². The summed E-state index contributed by atoms with van der Waals surface area (Å²) < 4.78 is 5.42. The second-order valence-corrected chi connectivity index (χ2v) is 6.20. The van der Waals surface area contributed by atoms with Crippen molar-refractivity contribution in [3.63, 3.8) is 0 Å². The molecule has 2 fully saturated rings. The second kappa shape index (κ2) is 7.00. The maximum Gasteiger partial charge on any atom is 0.323 e. The molecule has 0 aliphatic carbocycles. The summed E-state index contributed by atoms with van der Waals surface area (Å²) in [7, 11) is 1.64. The number of rotatable bonds is 3. The Bertz CT molecular complexity index is 563. The van der Waals surface area contributed by atoms with Crippen LogP contribution in [0.3, 0.4) is 0 Å². The van der Waals surface area contributed by atoms with Crippen molar-refractivity contribution in [1.82, 2.24) is 15.5 Å². The number of fused-ring (bicyclic) bond motifs is 1. The van der Waals surface area contributed by atoms with Crippen LogP contribution >= 0.6 is 0 Å². The van der Waals surface area contributed by atoms with Crippen LogP contribution in [0.5, 0.6) is 0 Å². The highest BCUT2D eigenvalue weighted by Gasteiger charge is 2.41. The summed E-state index contributed by atoms with van der Waals surface area (Å²) in [5, 5.41) is 6.00. The van der Waals surface area contributed by atoms with Gasteiger partial charge in [-0.05, 0) is 24.3 Å². The lowest BCUT2D eigenvalue weighted by atomic mass is 9.91. The van der Waals surface area contributed by atoms with Crippen molar-refractivity contribution in [2.45, 2.75) is 31.5 Å². The Morgan fingerprint density at radius 3 is 2.87 bits per heavy atom. The topological polar surface area (TPSA) is 70.7 Å². The first-order chi connectivity index (χ1) is 11.2. The number of ether oxygens (including phenoxy) is 1. The average Bonchev–Trinajstić information content (AvgIpc) is 3.03. The van der Waals surface area contributed by atoms with Crippen molar-refractivity contribution in [1.29, 1.82) is 0 Å². The van der Waals surface area contributed by atoms with E-state index in [1.54, 1.807) is 11.9 Å². The fourth-order valence-electron chi connectivity index (χ4n) is 3.44. The number of amides is 2. The Morgan fingerprint density at radius 1 is 1.35 bits per heavy atom. The van der Waals surface area contributed by atoms with Crippen LogP contribution in [0.1, 0.15) is 18.4 Å². The molecule has 0 bridgehead atoms. The number of nitrogens with zero attached hydrogens (tertiary/aromatic N) is 1. The van der Waals surface area contributed by atoms with Crippen molar-refractivity contribution in [2.24, 2.45) is 5.92 Å². The molecule has 0 saturated carbocycles.